The van der Waals surface area contributed by atoms with Crippen molar-refractivity contribution in [1.82, 2.24) is 4.31 Å². The minimum absolute atomic E-state index is 0.144. The Labute approximate surface area is 112 Å². The van der Waals surface area contributed by atoms with Crippen LogP contribution >= 0.6 is 12.2 Å². The second kappa shape index (κ2) is 5.75. The third kappa shape index (κ3) is 3.05. The lowest BCUT2D eigenvalue weighted by Crippen LogP contribution is -2.37. The molecule has 100 valence electrons. The number of thiocarbonyl (C=S) groups is 1. The van der Waals surface area contributed by atoms with Crippen molar-refractivity contribution >= 4 is 27.2 Å². The Morgan fingerprint density at radius 2 is 1.94 bits per heavy atom. The molecule has 0 aliphatic heterocycles. The van der Waals surface area contributed by atoms with Crippen molar-refractivity contribution in [3.63, 3.8) is 0 Å². The first kappa shape index (κ1) is 15.0. The van der Waals surface area contributed by atoms with Gasteiger partial charge in [-0.1, -0.05) is 24.4 Å². The van der Waals surface area contributed by atoms with Crippen molar-refractivity contribution in [2.24, 2.45) is 5.73 Å². The van der Waals surface area contributed by atoms with Crippen LogP contribution in [0.15, 0.2) is 29.2 Å². The highest BCUT2D eigenvalue weighted by molar-refractivity contribution is 7.89. The SMILES string of the molecule is CC(CO)N(C)S(=O)(=O)c1ccc(C(N)=S)cc1. The summed E-state index contributed by atoms with van der Waals surface area (Å²) in [5, 5.41) is 8.99. The van der Waals surface area contributed by atoms with Crippen LogP contribution in [0.5, 0.6) is 0 Å². The second-order valence-corrected chi connectivity index (χ2v) is 6.38. The van der Waals surface area contributed by atoms with Crippen molar-refractivity contribution in [3.05, 3.63) is 29.8 Å². The molecular formula is C11H16N2O3S2. The summed E-state index contributed by atoms with van der Waals surface area (Å²) in [6, 6.07) is 5.54. The maximum absolute atomic E-state index is 12.2. The molecule has 0 fully saturated rings. The van der Waals surface area contributed by atoms with E-state index in [0.717, 1.165) is 4.31 Å². The van der Waals surface area contributed by atoms with Gasteiger partial charge >= 0.3 is 0 Å². The van der Waals surface area contributed by atoms with Crippen LogP contribution in [-0.4, -0.2) is 42.5 Å². The van der Waals surface area contributed by atoms with Gasteiger partial charge in [0.1, 0.15) is 4.99 Å². The van der Waals surface area contributed by atoms with E-state index in [9.17, 15) is 8.42 Å². The number of rotatable bonds is 5. The average Bonchev–Trinajstić information content (AvgIpc) is 2.36. The molecule has 0 saturated heterocycles. The van der Waals surface area contributed by atoms with Gasteiger partial charge in [0.2, 0.25) is 10.0 Å². The van der Waals surface area contributed by atoms with Crippen LogP contribution in [0.2, 0.25) is 0 Å². The van der Waals surface area contributed by atoms with Crippen molar-refractivity contribution < 1.29 is 13.5 Å². The molecule has 0 heterocycles. The molecule has 1 aromatic carbocycles. The molecule has 0 bridgehead atoms. The van der Waals surface area contributed by atoms with Crippen LogP contribution in [0.25, 0.3) is 0 Å². The van der Waals surface area contributed by atoms with Crippen LogP contribution in [0.1, 0.15) is 12.5 Å². The topological polar surface area (TPSA) is 83.6 Å². The van der Waals surface area contributed by atoms with E-state index in [1.54, 1.807) is 19.1 Å². The van der Waals surface area contributed by atoms with Crippen LogP contribution in [-0.2, 0) is 10.0 Å². The molecule has 0 spiro atoms. The largest absolute Gasteiger partial charge is 0.395 e. The predicted molar refractivity (Wildman–Crippen MR) is 73.8 cm³/mol. The molecule has 1 atom stereocenters. The van der Waals surface area contributed by atoms with E-state index < -0.39 is 16.1 Å². The number of hydrogen-bond donors (Lipinski definition) is 2. The lowest BCUT2D eigenvalue weighted by Gasteiger charge is -2.22. The Kier molecular flexibility index (Phi) is 4.80. The van der Waals surface area contributed by atoms with Gasteiger partial charge in [-0.3, -0.25) is 0 Å². The van der Waals surface area contributed by atoms with Gasteiger partial charge in [0.25, 0.3) is 0 Å². The summed E-state index contributed by atoms with van der Waals surface area (Å²) in [5.41, 5.74) is 6.05. The smallest absolute Gasteiger partial charge is 0.243 e. The van der Waals surface area contributed by atoms with Gasteiger partial charge in [-0.25, -0.2) is 8.42 Å². The highest BCUT2D eigenvalue weighted by atomic mass is 32.2. The molecular weight excluding hydrogens is 272 g/mol. The third-order valence-corrected chi connectivity index (χ3v) is 4.92. The molecule has 0 saturated carbocycles. The Morgan fingerprint density at radius 3 is 2.33 bits per heavy atom. The summed E-state index contributed by atoms with van der Waals surface area (Å²) in [4.78, 5) is 0.362. The van der Waals surface area contributed by atoms with Gasteiger partial charge in [0, 0.05) is 18.7 Å². The minimum atomic E-state index is -3.60. The Hall–Kier alpha value is -1.02. The predicted octanol–water partition coefficient (Wildman–Crippen LogP) is 0.322. The minimum Gasteiger partial charge on any atom is -0.395 e. The van der Waals surface area contributed by atoms with Crippen molar-refractivity contribution in [3.8, 4) is 0 Å². The van der Waals surface area contributed by atoms with Crippen molar-refractivity contribution in [2.75, 3.05) is 13.7 Å². The maximum Gasteiger partial charge on any atom is 0.243 e. The van der Waals surface area contributed by atoms with Gasteiger partial charge in [-0.05, 0) is 19.1 Å². The first-order valence-electron chi connectivity index (χ1n) is 5.29. The zero-order chi connectivity index (χ0) is 13.9. The Bertz CT molecular complexity index is 526. The highest BCUT2D eigenvalue weighted by Gasteiger charge is 2.24. The first-order chi connectivity index (χ1) is 8.30. The van der Waals surface area contributed by atoms with E-state index in [2.05, 4.69) is 0 Å². The van der Waals surface area contributed by atoms with Gasteiger partial charge in [-0.2, -0.15) is 4.31 Å². The number of likely N-dealkylation sites (N-methyl/N-ethyl adjacent to an activating group) is 1. The molecule has 1 rings (SSSR count). The Morgan fingerprint density at radius 1 is 1.44 bits per heavy atom. The molecule has 0 radical (unpaired) electrons. The number of nitrogens with zero attached hydrogens (tertiary/aromatic N) is 1. The summed E-state index contributed by atoms with van der Waals surface area (Å²) < 4.78 is 25.5. The van der Waals surface area contributed by atoms with Gasteiger partial charge in [0.05, 0.1) is 11.5 Å². The summed E-state index contributed by atoms with van der Waals surface area (Å²) in [6.07, 6.45) is 0. The number of hydrogen-bond acceptors (Lipinski definition) is 4. The van der Waals surface area contributed by atoms with Crippen molar-refractivity contribution in [2.45, 2.75) is 17.9 Å². The van der Waals surface area contributed by atoms with E-state index in [-0.39, 0.29) is 16.5 Å². The molecule has 5 nitrogen and oxygen atoms in total. The number of benzene rings is 1. The normalized spacial score (nSPS) is 13.6. The van der Waals surface area contributed by atoms with Gasteiger partial charge in [0.15, 0.2) is 0 Å². The van der Waals surface area contributed by atoms with E-state index in [0.29, 0.717) is 5.56 Å². The van der Waals surface area contributed by atoms with E-state index in [1.165, 1.54) is 19.2 Å². The molecule has 0 aromatic heterocycles. The molecule has 0 aliphatic rings. The fourth-order valence-corrected chi connectivity index (χ4v) is 2.80. The molecule has 3 N–H and O–H groups in total. The second-order valence-electron chi connectivity index (χ2n) is 3.94. The van der Waals surface area contributed by atoms with Gasteiger partial charge in [-0.15, -0.1) is 0 Å². The zero-order valence-electron chi connectivity index (χ0n) is 10.2. The monoisotopic (exact) mass is 288 g/mol. The molecule has 0 aliphatic carbocycles. The van der Waals surface area contributed by atoms with Crippen LogP contribution in [0.4, 0.5) is 0 Å². The lowest BCUT2D eigenvalue weighted by molar-refractivity contribution is 0.214. The Balaban J connectivity index is 3.09. The van der Waals surface area contributed by atoms with E-state index in [4.69, 9.17) is 23.1 Å². The average molecular weight is 288 g/mol. The number of aliphatic hydroxyl groups excluding tert-OH is 1. The fraction of sp³-hybridized carbons (Fsp3) is 0.364. The first-order valence-corrected chi connectivity index (χ1v) is 7.14. The number of nitrogens with two attached hydrogens (primary N) is 1. The van der Waals surface area contributed by atoms with Crippen LogP contribution < -0.4 is 5.73 Å². The van der Waals surface area contributed by atoms with Gasteiger partial charge < -0.3 is 10.8 Å². The summed E-state index contributed by atoms with van der Waals surface area (Å²) in [5.74, 6) is 0. The fourth-order valence-electron chi connectivity index (χ4n) is 1.31. The number of aliphatic hydroxyl groups is 1. The summed E-state index contributed by atoms with van der Waals surface area (Å²) in [6.45, 7) is 1.39. The molecule has 18 heavy (non-hydrogen) atoms. The van der Waals surface area contributed by atoms with E-state index >= 15 is 0 Å². The molecule has 0 amide bonds. The molecule has 7 heteroatoms. The third-order valence-electron chi connectivity index (χ3n) is 2.70. The zero-order valence-corrected chi connectivity index (χ0v) is 11.8. The maximum atomic E-state index is 12.2. The number of sulfonamides is 1. The highest BCUT2D eigenvalue weighted by Crippen LogP contribution is 2.17. The van der Waals surface area contributed by atoms with Crippen LogP contribution in [0, 0.1) is 0 Å². The standard InChI is InChI=1S/C11H16N2O3S2/c1-8(7-14)13(2)18(15,16)10-5-3-9(4-6-10)11(12)17/h3-6,8,14H,7H2,1-2H3,(H2,12,17). The van der Waals surface area contributed by atoms with Crippen molar-refractivity contribution in [1.29, 1.82) is 0 Å². The summed E-state index contributed by atoms with van der Waals surface area (Å²) >= 11 is 4.80. The quantitative estimate of drug-likeness (QED) is 0.763. The summed E-state index contributed by atoms with van der Waals surface area (Å²) in [7, 11) is -2.18. The molecule has 1 aromatic rings. The molecule has 1 unspecified atom stereocenters. The van der Waals surface area contributed by atoms with Crippen LogP contribution in [0.3, 0.4) is 0 Å². The lowest BCUT2D eigenvalue weighted by atomic mass is 10.2. The van der Waals surface area contributed by atoms with E-state index in [1.807, 2.05) is 0 Å².